The van der Waals surface area contributed by atoms with Crippen molar-refractivity contribution in [1.29, 1.82) is 0 Å². The third-order valence-corrected chi connectivity index (χ3v) is 2.86. The van der Waals surface area contributed by atoms with Gasteiger partial charge in [0.25, 0.3) is 5.91 Å². The minimum atomic E-state index is -0.437. The van der Waals surface area contributed by atoms with Crippen LogP contribution in [0.25, 0.3) is 0 Å². The first-order chi connectivity index (χ1) is 8.29. The summed E-state index contributed by atoms with van der Waals surface area (Å²) in [6, 6.07) is 0. The van der Waals surface area contributed by atoms with Gasteiger partial charge >= 0.3 is 0 Å². The second-order valence-electron chi connectivity index (χ2n) is 4.43. The van der Waals surface area contributed by atoms with E-state index in [9.17, 15) is 4.79 Å². The molecular weight excluding hydrogens is 216 g/mol. The molecule has 17 heavy (non-hydrogen) atoms. The Morgan fingerprint density at radius 1 is 1.24 bits per heavy atom. The Hall–Kier alpha value is -0.900. The molecule has 1 heterocycles. The first-order valence-electron chi connectivity index (χ1n) is 6.76. The zero-order valence-corrected chi connectivity index (χ0v) is 11.0. The van der Waals surface area contributed by atoms with E-state index in [4.69, 9.17) is 4.74 Å². The van der Waals surface area contributed by atoms with Gasteiger partial charge in [0.15, 0.2) is 6.10 Å². The third-order valence-electron chi connectivity index (χ3n) is 2.86. The van der Waals surface area contributed by atoms with Crippen LogP contribution in [-0.2, 0) is 9.53 Å². The lowest BCUT2D eigenvalue weighted by molar-refractivity contribution is -0.137. The van der Waals surface area contributed by atoms with E-state index in [1.807, 2.05) is 0 Å². The predicted octanol–water partition coefficient (Wildman–Crippen LogP) is 2.58. The van der Waals surface area contributed by atoms with Crippen LogP contribution in [-0.4, -0.2) is 36.4 Å². The van der Waals surface area contributed by atoms with Gasteiger partial charge in [0.2, 0.25) is 0 Å². The van der Waals surface area contributed by atoms with Crippen molar-refractivity contribution in [3.05, 3.63) is 0 Å². The summed E-state index contributed by atoms with van der Waals surface area (Å²) < 4.78 is 5.51. The van der Waals surface area contributed by atoms with Crippen molar-refractivity contribution in [3.63, 3.8) is 0 Å². The molecule has 1 amide bonds. The summed E-state index contributed by atoms with van der Waals surface area (Å²) in [5, 5.41) is 5.64. The summed E-state index contributed by atoms with van der Waals surface area (Å²) in [7, 11) is 0. The van der Waals surface area contributed by atoms with Crippen molar-refractivity contribution in [3.8, 4) is 0 Å². The number of hydrazone groups is 1. The monoisotopic (exact) mass is 240 g/mol. The van der Waals surface area contributed by atoms with Crippen LogP contribution in [0.1, 0.15) is 52.4 Å². The van der Waals surface area contributed by atoms with Gasteiger partial charge in [0.1, 0.15) is 0 Å². The standard InChI is InChI=1S/C13H24N2O2/c1-3-5-7-9-15-13(16)12(11-14-15)17-10-8-6-4-2/h11-12H,3-10H2,1-2H3. The lowest BCUT2D eigenvalue weighted by atomic mass is 10.2. The Morgan fingerprint density at radius 2 is 1.94 bits per heavy atom. The van der Waals surface area contributed by atoms with E-state index >= 15 is 0 Å². The second-order valence-corrected chi connectivity index (χ2v) is 4.43. The highest BCUT2D eigenvalue weighted by molar-refractivity contribution is 6.00. The van der Waals surface area contributed by atoms with Crippen LogP contribution in [0.15, 0.2) is 5.10 Å². The van der Waals surface area contributed by atoms with Crippen molar-refractivity contribution in [2.45, 2.75) is 58.5 Å². The molecule has 0 aromatic rings. The molecule has 0 N–H and O–H groups in total. The fourth-order valence-electron chi connectivity index (χ4n) is 1.76. The Morgan fingerprint density at radius 3 is 2.65 bits per heavy atom. The van der Waals surface area contributed by atoms with Crippen molar-refractivity contribution < 1.29 is 9.53 Å². The van der Waals surface area contributed by atoms with Gasteiger partial charge in [-0.15, -0.1) is 0 Å². The first-order valence-corrected chi connectivity index (χ1v) is 6.76. The van der Waals surface area contributed by atoms with Gasteiger partial charge in [0.05, 0.1) is 6.21 Å². The molecule has 0 radical (unpaired) electrons. The van der Waals surface area contributed by atoms with Gasteiger partial charge in [-0.2, -0.15) is 5.10 Å². The number of amides is 1. The maximum Gasteiger partial charge on any atom is 0.277 e. The number of carbonyl (C=O) groups excluding carboxylic acids is 1. The summed E-state index contributed by atoms with van der Waals surface area (Å²) in [4.78, 5) is 11.8. The van der Waals surface area contributed by atoms with Gasteiger partial charge < -0.3 is 4.74 Å². The molecule has 1 unspecified atom stereocenters. The van der Waals surface area contributed by atoms with E-state index in [0.29, 0.717) is 6.61 Å². The van der Waals surface area contributed by atoms with Gasteiger partial charge in [-0.3, -0.25) is 4.79 Å². The quantitative estimate of drug-likeness (QED) is 0.581. The lowest BCUT2D eigenvalue weighted by Crippen LogP contribution is -2.32. The molecule has 0 spiro atoms. The molecule has 1 aliphatic heterocycles. The molecule has 0 bridgehead atoms. The van der Waals surface area contributed by atoms with Gasteiger partial charge in [-0.05, 0) is 12.8 Å². The molecule has 98 valence electrons. The summed E-state index contributed by atoms with van der Waals surface area (Å²) in [6.45, 7) is 5.67. The fraction of sp³-hybridized carbons (Fsp3) is 0.846. The number of rotatable bonds is 9. The smallest absolute Gasteiger partial charge is 0.277 e. The third kappa shape index (κ3) is 4.86. The molecule has 1 atom stereocenters. The molecule has 0 saturated carbocycles. The van der Waals surface area contributed by atoms with E-state index < -0.39 is 6.10 Å². The van der Waals surface area contributed by atoms with Crippen LogP contribution in [0.3, 0.4) is 0 Å². The summed E-state index contributed by atoms with van der Waals surface area (Å²) in [5.41, 5.74) is 0. The average molecular weight is 240 g/mol. The van der Waals surface area contributed by atoms with Crippen molar-refractivity contribution in [2.75, 3.05) is 13.2 Å². The number of nitrogens with zero attached hydrogens (tertiary/aromatic N) is 2. The molecule has 0 fully saturated rings. The van der Waals surface area contributed by atoms with Crippen LogP contribution >= 0.6 is 0 Å². The molecule has 1 aliphatic rings. The second kappa shape index (κ2) is 8.23. The molecular formula is C13H24N2O2. The maximum absolute atomic E-state index is 11.8. The molecule has 0 aromatic carbocycles. The van der Waals surface area contributed by atoms with Crippen LogP contribution in [0.5, 0.6) is 0 Å². The van der Waals surface area contributed by atoms with Gasteiger partial charge in [0, 0.05) is 13.2 Å². The Labute approximate surface area is 104 Å². The number of hydrogen-bond acceptors (Lipinski definition) is 3. The minimum absolute atomic E-state index is 0.00222. The summed E-state index contributed by atoms with van der Waals surface area (Å²) in [6.07, 6.45) is 7.84. The number of hydrogen-bond donors (Lipinski definition) is 0. The first kappa shape index (κ1) is 14.2. The van der Waals surface area contributed by atoms with E-state index in [0.717, 1.165) is 38.6 Å². The number of ether oxygens (including phenoxy) is 1. The largest absolute Gasteiger partial charge is 0.362 e. The van der Waals surface area contributed by atoms with Crippen LogP contribution in [0.2, 0.25) is 0 Å². The molecule has 0 aliphatic carbocycles. The van der Waals surface area contributed by atoms with Crippen LogP contribution in [0, 0.1) is 0 Å². The molecule has 4 heteroatoms. The SMILES string of the molecule is CCCCCOC1C=NN(CCCCC)C1=O. The highest BCUT2D eigenvalue weighted by atomic mass is 16.5. The number of carbonyl (C=O) groups is 1. The van der Waals surface area contributed by atoms with Gasteiger partial charge in [-0.25, -0.2) is 5.01 Å². The summed E-state index contributed by atoms with van der Waals surface area (Å²) in [5.74, 6) is -0.00222. The zero-order valence-electron chi connectivity index (χ0n) is 11.0. The van der Waals surface area contributed by atoms with Crippen LogP contribution < -0.4 is 0 Å². The van der Waals surface area contributed by atoms with E-state index in [1.54, 1.807) is 11.2 Å². The molecule has 4 nitrogen and oxygen atoms in total. The predicted molar refractivity (Wildman–Crippen MR) is 69.0 cm³/mol. The van der Waals surface area contributed by atoms with Crippen molar-refractivity contribution in [1.82, 2.24) is 5.01 Å². The van der Waals surface area contributed by atoms with E-state index in [-0.39, 0.29) is 5.91 Å². The normalized spacial score (nSPS) is 19.3. The minimum Gasteiger partial charge on any atom is -0.362 e. The average Bonchev–Trinajstić information content (AvgIpc) is 2.67. The fourth-order valence-corrected chi connectivity index (χ4v) is 1.76. The van der Waals surface area contributed by atoms with E-state index in [1.165, 1.54) is 6.42 Å². The Kier molecular flexibility index (Phi) is 6.86. The van der Waals surface area contributed by atoms with Crippen molar-refractivity contribution in [2.24, 2.45) is 5.10 Å². The highest BCUT2D eigenvalue weighted by Crippen LogP contribution is 2.10. The molecule has 0 saturated heterocycles. The van der Waals surface area contributed by atoms with Crippen molar-refractivity contribution >= 4 is 12.1 Å². The maximum atomic E-state index is 11.8. The summed E-state index contributed by atoms with van der Waals surface area (Å²) >= 11 is 0. The Balaban J connectivity index is 2.18. The van der Waals surface area contributed by atoms with E-state index in [2.05, 4.69) is 18.9 Å². The number of unbranched alkanes of at least 4 members (excludes halogenated alkanes) is 4. The van der Waals surface area contributed by atoms with Gasteiger partial charge in [-0.1, -0.05) is 39.5 Å². The molecule has 1 rings (SSSR count). The topological polar surface area (TPSA) is 41.9 Å². The van der Waals surface area contributed by atoms with Crippen LogP contribution in [0.4, 0.5) is 0 Å². The zero-order chi connectivity index (χ0) is 12.5. The Bertz CT molecular complexity index is 254. The lowest BCUT2D eigenvalue weighted by Gasteiger charge is -2.14. The highest BCUT2D eigenvalue weighted by Gasteiger charge is 2.28. The molecule has 0 aromatic heterocycles.